The van der Waals surface area contributed by atoms with Crippen LogP contribution in [0.4, 0.5) is 4.39 Å². The quantitative estimate of drug-likeness (QED) is 0.806. The summed E-state index contributed by atoms with van der Waals surface area (Å²) >= 11 is 0. The number of terminal acetylenes is 1. The first-order valence-corrected chi connectivity index (χ1v) is 5.19. The van der Waals surface area contributed by atoms with Crippen LogP contribution < -0.4 is 10.1 Å². The second-order valence-electron chi connectivity index (χ2n) is 3.57. The number of rotatable bonds is 4. The van der Waals surface area contributed by atoms with Gasteiger partial charge in [0, 0.05) is 0 Å². The molecule has 90 valence electrons. The molecule has 0 aromatic heterocycles. The highest BCUT2D eigenvalue weighted by Gasteiger charge is 2.16. The summed E-state index contributed by atoms with van der Waals surface area (Å²) < 4.78 is 18.8. The first kappa shape index (κ1) is 13.0. The predicted octanol–water partition coefficient (Wildman–Crippen LogP) is 1.65. The maximum Gasteiger partial charge on any atom is 0.261 e. The molecule has 1 aromatic rings. The van der Waals surface area contributed by atoms with Crippen LogP contribution in [0.15, 0.2) is 18.2 Å². The molecule has 0 aliphatic rings. The number of carbonyl (C=O) groups excluding carboxylic acids is 1. The van der Waals surface area contributed by atoms with Crippen molar-refractivity contribution in [2.24, 2.45) is 0 Å². The summed E-state index contributed by atoms with van der Waals surface area (Å²) in [6, 6.07) is 4.78. The Kier molecular flexibility index (Phi) is 4.53. The molecular weight excluding hydrogens is 221 g/mol. The summed E-state index contributed by atoms with van der Waals surface area (Å²) in [4.78, 5) is 11.4. The van der Waals surface area contributed by atoms with Gasteiger partial charge in [-0.1, -0.05) is 18.1 Å². The highest BCUT2D eigenvalue weighted by Crippen LogP contribution is 2.20. The first-order chi connectivity index (χ1) is 8.06. The zero-order valence-corrected chi connectivity index (χ0v) is 9.79. The molecule has 0 aliphatic carbocycles. The minimum absolute atomic E-state index is 0.0633. The molecule has 1 atom stereocenters. The Bertz CT molecular complexity index is 451. The van der Waals surface area contributed by atoms with Gasteiger partial charge in [-0.15, -0.1) is 6.42 Å². The molecule has 1 rings (SSSR count). The maximum atomic E-state index is 13.6. The average Bonchev–Trinajstić information content (AvgIpc) is 2.31. The summed E-state index contributed by atoms with van der Waals surface area (Å²) in [5, 5.41) is 2.46. The monoisotopic (exact) mass is 235 g/mol. The standard InChI is InChI=1S/C13H14FNO2/c1-4-8-15-13(16)10(3)17-11-7-5-6-9(2)12(11)14/h1,5-7,10H,8H2,2-3H3,(H,15,16). The molecule has 1 unspecified atom stereocenters. The Morgan fingerprint density at radius 1 is 1.65 bits per heavy atom. The number of ether oxygens (including phenoxy) is 1. The number of carbonyl (C=O) groups is 1. The van der Waals surface area contributed by atoms with Gasteiger partial charge >= 0.3 is 0 Å². The Labute approximate surface area is 100.0 Å². The van der Waals surface area contributed by atoms with Crippen molar-refractivity contribution in [3.8, 4) is 18.1 Å². The van der Waals surface area contributed by atoms with Crippen LogP contribution in [0, 0.1) is 25.1 Å². The minimum Gasteiger partial charge on any atom is -0.478 e. The molecule has 1 N–H and O–H groups in total. The van der Waals surface area contributed by atoms with Crippen LogP contribution in [0.3, 0.4) is 0 Å². The third-order valence-corrected chi connectivity index (χ3v) is 2.19. The molecule has 0 saturated carbocycles. The number of halogens is 1. The van der Waals surface area contributed by atoms with Gasteiger partial charge in [0.1, 0.15) is 0 Å². The van der Waals surface area contributed by atoms with Crippen molar-refractivity contribution < 1.29 is 13.9 Å². The van der Waals surface area contributed by atoms with Crippen LogP contribution in [0.25, 0.3) is 0 Å². The smallest absolute Gasteiger partial charge is 0.261 e. The van der Waals surface area contributed by atoms with Crippen molar-refractivity contribution in [1.82, 2.24) is 5.32 Å². The second kappa shape index (κ2) is 5.90. The molecule has 1 aromatic carbocycles. The Morgan fingerprint density at radius 3 is 3.00 bits per heavy atom. The summed E-state index contributed by atoms with van der Waals surface area (Å²) in [5.41, 5.74) is 0.471. The fraction of sp³-hybridized carbons (Fsp3) is 0.308. The van der Waals surface area contributed by atoms with E-state index in [1.165, 1.54) is 13.0 Å². The summed E-state index contributed by atoms with van der Waals surface area (Å²) in [5.74, 6) is 1.51. The van der Waals surface area contributed by atoms with Crippen molar-refractivity contribution in [2.75, 3.05) is 6.54 Å². The molecule has 0 radical (unpaired) electrons. The Balaban J connectivity index is 2.68. The lowest BCUT2D eigenvalue weighted by atomic mass is 10.2. The van der Waals surface area contributed by atoms with E-state index in [1.54, 1.807) is 19.1 Å². The Morgan fingerprint density at radius 2 is 2.35 bits per heavy atom. The van der Waals surface area contributed by atoms with Gasteiger partial charge in [-0.2, -0.15) is 0 Å². The molecule has 4 heteroatoms. The lowest BCUT2D eigenvalue weighted by Crippen LogP contribution is -2.36. The fourth-order valence-electron chi connectivity index (χ4n) is 1.24. The third-order valence-electron chi connectivity index (χ3n) is 2.19. The highest BCUT2D eigenvalue weighted by atomic mass is 19.1. The molecule has 1 amide bonds. The van der Waals surface area contributed by atoms with Gasteiger partial charge in [-0.05, 0) is 25.5 Å². The normalized spacial score (nSPS) is 11.4. The molecule has 0 spiro atoms. The molecule has 0 bridgehead atoms. The second-order valence-corrected chi connectivity index (χ2v) is 3.57. The molecule has 0 saturated heterocycles. The van der Waals surface area contributed by atoms with Gasteiger partial charge in [0.15, 0.2) is 17.7 Å². The largest absolute Gasteiger partial charge is 0.478 e. The fourth-order valence-corrected chi connectivity index (χ4v) is 1.24. The van der Waals surface area contributed by atoms with Crippen LogP contribution in [0.1, 0.15) is 12.5 Å². The summed E-state index contributed by atoms with van der Waals surface area (Å²) in [6.07, 6.45) is 4.22. The number of hydrogen-bond donors (Lipinski definition) is 1. The molecule has 0 fully saturated rings. The lowest BCUT2D eigenvalue weighted by molar-refractivity contribution is -0.127. The van der Waals surface area contributed by atoms with Gasteiger partial charge in [0.2, 0.25) is 0 Å². The zero-order valence-electron chi connectivity index (χ0n) is 9.79. The number of hydrogen-bond acceptors (Lipinski definition) is 2. The van der Waals surface area contributed by atoms with E-state index in [1.807, 2.05) is 0 Å². The summed E-state index contributed by atoms with van der Waals surface area (Å²) in [7, 11) is 0. The molecular formula is C13H14FNO2. The highest BCUT2D eigenvalue weighted by molar-refractivity contribution is 5.80. The van der Waals surface area contributed by atoms with Crippen LogP contribution in [0.2, 0.25) is 0 Å². The van der Waals surface area contributed by atoms with E-state index in [0.29, 0.717) is 5.56 Å². The average molecular weight is 235 g/mol. The van der Waals surface area contributed by atoms with Crippen LogP contribution in [-0.2, 0) is 4.79 Å². The van der Waals surface area contributed by atoms with Gasteiger partial charge < -0.3 is 10.1 Å². The number of nitrogens with one attached hydrogen (secondary N) is 1. The van der Waals surface area contributed by atoms with E-state index in [4.69, 9.17) is 11.2 Å². The number of amides is 1. The van der Waals surface area contributed by atoms with Crippen molar-refractivity contribution in [3.63, 3.8) is 0 Å². The topological polar surface area (TPSA) is 38.3 Å². The van der Waals surface area contributed by atoms with Gasteiger partial charge in [-0.3, -0.25) is 4.79 Å². The SMILES string of the molecule is C#CCNC(=O)C(C)Oc1cccc(C)c1F. The van der Waals surface area contributed by atoms with Crippen molar-refractivity contribution in [3.05, 3.63) is 29.6 Å². The van der Waals surface area contributed by atoms with E-state index in [2.05, 4.69) is 11.2 Å². The number of aryl methyl sites for hydroxylation is 1. The molecule has 0 aliphatic heterocycles. The lowest BCUT2D eigenvalue weighted by Gasteiger charge is -2.14. The first-order valence-electron chi connectivity index (χ1n) is 5.19. The van der Waals surface area contributed by atoms with E-state index >= 15 is 0 Å². The third kappa shape index (κ3) is 3.49. The predicted molar refractivity (Wildman–Crippen MR) is 63.1 cm³/mol. The van der Waals surface area contributed by atoms with Crippen molar-refractivity contribution >= 4 is 5.91 Å². The Hall–Kier alpha value is -2.02. The van der Waals surface area contributed by atoms with E-state index in [0.717, 1.165) is 0 Å². The van der Waals surface area contributed by atoms with Crippen molar-refractivity contribution in [2.45, 2.75) is 20.0 Å². The van der Waals surface area contributed by atoms with Gasteiger partial charge in [0.25, 0.3) is 5.91 Å². The van der Waals surface area contributed by atoms with Gasteiger partial charge in [0.05, 0.1) is 6.54 Å². The minimum atomic E-state index is -0.792. The van der Waals surface area contributed by atoms with Crippen LogP contribution >= 0.6 is 0 Å². The molecule has 3 nitrogen and oxygen atoms in total. The summed E-state index contributed by atoms with van der Waals surface area (Å²) in [6.45, 7) is 3.29. The molecule has 0 heterocycles. The molecule has 17 heavy (non-hydrogen) atoms. The maximum absolute atomic E-state index is 13.6. The van der Waals surface area contributed by atoms with E-state index < -0.39 is 11.9 Å². The van der Waals surface area contributed by atoms with E-state index in [9.17, 15) is 9.18 Å². The van der Waals surface area contributed by atoms with Crippen LogP contribution in [-0.4, -0.2) is 18.6 Å². The van der Waals surface area contributed by atoms with Crippen LogP contribution in [0.5, 0.6) is 5.75 Å². The van der Waals surface area contributed by atoms with Gasteiger partial charge in [-0.25, -0.2) is 4.39 Å². The van der Waals surface area contributed by atoms with Crippen molar-refractivity contribution in [1.29, 1.82) is 0 Å². The number of benzene rings is 1. The van der Waals surface area contributed by atoms with E-state index in [-0.39, 0.29) is 18.2 Å². The zero-order chi connectivity index (χ0) is 12.8.